The van der Waals surface area contributed by atoms with Crippen molar-refractivity contribution in [2.45, 2.75) is 52.7 Å². The van der Waals surface area contributed by atoms with E-state index >= 15 is 0 Å². The number of hydrogen-bond donors (Lipinski definition) is 2. The molecule has 1 rings (SSSR count). The fourth-order valence-electron chi connectivity index (χ4n) is 2.17. The molecule has 1 saturated heterocycles. The smallest absolute Gasteiger partial charge is 0.0791 e. The molecule has 1 heterocycles. The molecule has 1 aliphatic rings. The van der Waals surface area contributed by atoms with E-state index in [1.54, 1.807) is 0 Å². The Morgan fingerprint density at radius 3 is 2.44 bits per heavy atom. The lowest BCUT2D eigenvalue weighted by atomic mass is 9.93. The quantitative estimate of drug-likeness (QED) is 0.765. The summed E-state index contributed by atoms with van der Waals surface area (Å²) in [6, 6.07) is 0. The van der Waals surface area contributed by atoms with Crippen LogP contribution in [0, 0.1) is 5.41 Å². The van der Waals surface area contributed by atoms with Crippen LogP contribution in [0.4, 0.5) is 0 Å². The lowest BCUT2D eigenvalue weighted by Gasteiger charge is -2.26. The molecule has 0 aromatic heterocycles. The second-order valence-corrected chi connectivity index (χ2v) is 6.93. The molecule has 0 spiro atoms. The van der Waals surface area contributed by atoms with E-state index in [0.29, 0.717) is 12.0 Å². The highest BCUT2D eigenvalue weighted by molar-refractivity contribution is 4.84. The van der Waals surface area contributed by atoms with Crippen LogP contribution in [0.1, 0.15) is 41.0 Å². The molecule has 0 saturated carbocycles. The Bertz CT molecular complexity index is 220. The Hall–Kier alpha value is -0.120. The first-order chi connectivity index (χ1) is 7.18. The molecule has 0 aromatic rings. The van der Waals surface area contributed by atoms with Crippen molar-refractivity contribution >= 4 is 0 Å². The van der Waals surface area contributed by atoms with E-state index in [1.807, 2.05) is 0 Å². The van der Waals surface area contributed by atoms with E-state index in [9.17, 15) is 5.11 Å². The van der Waals surface area contributed by atoms with Crippen LogP contribution < -0.4 is 5.32 Å². The number of nitrogens with one attached hydrogen (secondary N) is 1. The predicted octanol–water partition coefficient (Wildman–Crippen LogP) is 1.47. The highest BCUT2D eigenvalue weighted by Gasteiger charge is 2.30. The van der Waals surface area contributed by atoms with E-state index in [0.717, 1.165) is 19.6 Å². The fourth-order valence-corrected chi connectivity index (χ4v) is 2.17. The summed E-state index contributed by atoms with van der Waals surface area (Å²) in [5, 5.41) is 13.3. The first-order valence-electron chi connectivity index (χ1n) is 6.33. The largest absolute Gasteiger partial charge is 0.390 e. The summed E-state index contributed by atoms with van der Waals surface area (Å²) in [6.45, 7) is 14.7. The molecule has 2 N–H and O–H groups in total. The Morgan fingerprint density at radius 1 is 1.38 bits per heavy atom. The van der Waals surface area contributed by atoms with Gasteiger partial charge in [0.1, 0.15) is 0 Å². The highest BCUT2D eigenvalue weighted by Crippen LogP contribution is 2.28. The Kier molecular flexibility index (Phi) is 4.38. The van der Waals surface area contributed by atoms with Gasteiger partial charge in [0.05, 0.1) is 6.10 Å². The lowest BCUT2D eigenvalue weighted by Crippen LogP contribution is -2.44. The zero-order valence-electron chi connectivity index (χ0n) is 11.5. The minimum absolute atomic E-state index is 0.0886. The van der Waals surface area contributed by atoms with Gasteiger partial charge in [0.2, 0.25) is 0 Å². The van der Waals surface area contributed by atoms with Crippen LogP contribution in [0.3, 0.4) is 0 Å². The molecule has 0 bridgehead atoms. The second-order valence-electron chi connectivity index (χ2n) is 6.93. The van der Waals surface area contributed by atoms with Crippen LogP contribution in [0.2, 0.25) is 0 Å². The van der Waals surface area contributed by atoms with Gasteiger partial charge in [0.25, 0.3) is 0 Å². The van der Waals surface area contributed by atoms with Crippen LogP contribution in [0.5, 0.6) is 0 Å². The van der Waals surface area contributed by atoms with Gasteiger partial charge in [-0.25, -0.2) is 0 Å². The molecule has 96 valence electrons. The Morgan fingerprint density at radius 2 is 2.00 bits per heavy atom. The summed E-state index contributed by atoms with van der Waals surface area (Å²) in [6.07, 6.45) is 0.986. The molecule has 16 heavy (non-hydrogen) atoms. The summed E-state index contributed by atoms with van der Waals surface area (Å²) in [4.78, 5) is 2.37. The van der Waals surface area contributed by atoms with Gasteiger partial charge in [-0.1, -0.05) is 13.8 Å². The maximum Gasteiger partial charge on any atom is 0.0791 e. The minimum Gasteiger partial charge on any atom is -0.390 e. The van der Waals surface area contributed by atoms with Gasteiger partial charge in [0.15, 0.2) is 0 Å². The first kappa shape index (κ1) is 13.9. The molecule has 0 amide bonds. The molecule has 0 aromatic carbocycles. The molecule has 0 radical (unpaired) electrons. The van der Waals surface area contributed by atoms with Crippen LogP contribution in [-0.2, 0) is 0 Å². The molecular formula is C13H28N2O. The van der Waals surface area contributed by atoms with Crippen molar-refractivity contribution in [1.29, 1.82) is 0 Å². The summed E-state index contributed by atoms with van der Waals surface area (Å²) in [5.74, 6) is 0. The Labute approximate surface area is 100 Å². The number of nitrogens with zero attached hydrogens (tertiary/aromatic N) is 1. The Balaban J connectivity index is 2.23. The SMILES string of the molecule is CC1(C)CCN(CC(O)CNC(C)(C)C)C1. The van der Waals surface area contributed by atoms with Gasteiger partial charge in [-0.2, -0.15) is 0 Å². The number of likely N-dealkylation sites (tertiary alicyclic amines) is 1. The summed E-state index contributed by atoms with van der Waals surface area (Å²) in [7, 11) is 0. The number of rotatable bonds is 4. The molecule has 0 aliphatic carbocycles. The average molecular weight is 228 g/mol. The normalized spacial score (nSPS) is 23.6. The van der Waals surface area contributed by atoms with Gasteiger partial charge < -0.3 is 15.3 Å². The summed E-state index contributed by atoms with van der Waals surface area (Å²) < 4.78 is 0. The third kappa shape index (κ3) is 5.28. The number of β-amino-alcohol motifs (C(OH)–C–C–N with tert-alkyl or cyclic N) is 1. The zero-order valence-corrected chi connectivity index (χ0v) is 11.5. The minimum atomic E-state index is -0.256. The fraction of sp³-hybridized carbons (Fsp3) is 1.00. The molecule has 1 fully saturated rings. The van der Waals surface area contributed by atoms with Crippen molar-refractivity contribution in [3.05, 3.63) is 0 Å². The van der Waals surface area contributed by atoms with E-state index < -0.39 is 0 Å². The number of aliphatic hydroxyl groups is 1. The van der Waals surface area contributed by atoms with Gasteiger partial charge >= 0.3 is 0 Å². The van der Waals surface area contributed by atoms with Crippen molar-refractivity contribution in [2.75, 3.05) is 26.2 Å². The lowest BCUT2D eigenvalue weighted by molar-refractivity contribution is 0.112. The number of aliphatic hydroxyl groups excluding tert-OH is 1. The van der Waals surface area contributed by atoms with Crippen molar-refractivity contribution in [3.8, 4) is 0 Å². The topological polar surface area (TPSA) is 35.5 Å². The molecule has 1 aliphatic heterocycles. The molecule has 1 atom stereocenters. The van der Waals surface area contributed by atoms with Crippen molar-refractivity contribution in [1.82, 2.24) is 10.2 Å². The summed E-state index contributed by atoms with van der Waals surface area (Å²) in [5.41, 5.74) is 0.516. The zero-order chi connectivity index (χ0) is 12.4. The first-order valence-corrected chi connectivity index (χ1v) is 6.33. The number of hydrogen-bond acceptors (Lipinski definition) is 3. The van der Waals surface area contributed by atoms with Gasteiger partial charge in [-0.15, -0.1) is 0 Å². The van der Waals surface area contributed by atoms with Crippen LogP contribution >= 0.6 is 0 Å². The maximum atomic E-state index is 9.94. The van der Waals surface area contributed by atoms with Crippen molar-refractivity contribution in [2.24, 2.45) is 5.41 Å². The predicted molar refractivity (Wildman–Crippen MR) is 68.6 cm³/mol. The van der Waals surface area contributed by atoms with Crippen molar-refractivity contribution < 1.29 is 5.11 Å². The van der Waals surface area contributed by atoms with Gasteiger partial charge in [0, 0.05) is 25.2 Å². The molecule has 3 heteroatoms. The van der Waals surface area contributed by atoms with Gasteiger partial charge in [-0.3, -0.25) is 0 Å². The monoisotopic (exact) mass is 228 g/mol. The maximum absolute atomic E-state index is 9.94. The third-order valence-corrected chi connectivity index (χ3v) is 3.09. The standard InChI is InChI=1S/C13H28N2O/c1-12(2,3)14-8-11(16)9-15-7-6-13(4,5)10-15/h11,14,16H,6-10H2,1-5H3. The van der Waals surface area contributed by atoms with E-state index in [4.69, 9.17) is 0 Å². The highest BCUT2D eigenvalue weighted by atomic mass is 16.3. The molecular weight excluding hydrogens is 200 g/mol. The summed E-state index contributed by atoms with van der Waals surface area (Å²) >= 11 is 0. The van der Waals surface area contributed by atoms with Gasteiger partial charge in [-0.05, 0) is 39.2 Å². The van der Waals surface area contributed by atoms with Crippen LogP contribution in [0.25, 0.3) is 0 Å². The third-order valence-electron chi connectivity index (χ3n) is 3.09. The average Bonchev–Trinajstić information content (AvgIpc) is 2.41. The van der Waals surface area contributed by atoms with Crippen LogP contribution in [0.15, 0.2) is 0 Å². The van der Waals surface area contributed by atoms with E-state index in [2.05, 4.69) is 44.8 Å². The van der Waals surface area contributed by atoms with Crippen molar-refractivity contribution in [3.63, 3.8) is 0 Å². The van der Waals surface area contributed by atoms with Crippen LogP contribution in [-0.4, -0.2) is 47.8 Å². The van der Waals surface area contributed by atoms with E-state index in [-0.39, 0.29) is 11.6 Å². The molecule has 1 unspecified atom stereocenters. The molecule has 3 nitrogen and oxygen atoms in total. The van der Waals surface area contributed by atoms with E-state index in [1.165, 1.54) is 6.42 Å². The second kappa shape index (κ2) is 5.03.